The van der Waals surface area contributed by atoms with Gasteiger partial charge in [-0.05, 0) is 30.3 Å². The molecular weight excluding hydrogens is 384 g/mol. The van der Waals surface area contributed by atoms with Gasteiger partial charge in [-0.3, -0.25) is 9.10 Å². The Labute approximate surface area is 165 Å². The van der Waals surface area contributed by atoms with Gasteiger partial charge in [-0.1, -0.05) is 0 Å². The highest BCUT2D eigenvalue weighted by Gasteiger charge is 2.18. The molecule has 0 fully saturated rings. The van der Waals surface area contributed by atoms with Gasteiger partial charge in [0.25, 0.3) is 0 Å². The maximum Gasteiger partial charge on any atom is 0.232 e. The van der Waals surface area contributed by atoms with Crippen LogP contribution in [0.5, 0.6) is 17.2 Å². The van der Waals surface area contributed by atoms with Crippen molar-refractivity contribution in [2.45, 2.75) is 13.5 Å². The van der Waals surface area contributed by atoms with Crippen molar-refractivity contribution in [3.05, 3.63) is 42.0 Å². The molecule has 0 bridgehead atoms. The largest absolute Gasteiger partial charge is 0.497 e. The number of rotatable bonds is 8. The molecule has 0 heterocycles. The molecule has 1 amide bonds. The molecule has 0 aliphatic rings. The van der Waals surface area contributed by atoms with Gasteiger partial charge in [-0.2, -0.15) is 0 Å². The Balaban J connectivity index is 2.40. The summed E-state index contributed by atoms with van der Waals surface area (Å²) in [6.45, 7) is 1.49. The van der Waals surface area contributed by atoms with Crippen LogP contribution < -0.4 is 23.8 Å². The maximum atomic E-state index is 12.0. The van der Waals surface area contributed by atoms with Crippen LogP contribution in [0.25, 0.3) is 0 Å². The standard InChI is InChI=1S/C19H24N2O6S/c1-13(22)20-15-6-8-17(21(2)28(5,23)24)19(11-15)27-12-14-10-16(25-3)7-9-18(14)26-4/h6-11H,12H2,1-5H3,(H,20,22). The van der Waals surface area contributed by atoms with Crippen molar-refractivity contribution in [1.29, 1.82) is 0 Å². The van der Waals surface area contributed by atoms with Gasteiger partial charge in [0.15, 0.2) is 0 Å². The Bertz CT molecular complexity index is 959. The van der Waals surface area contributed by atoms with Crippen LogP contribution in [0.3, 0.4) is 0 Å². The number of ether oxygens (including phenoxy) is 3. The van der Waals surface area contributed by atoms with Gasteiger partial charge in [-0.15, -0.1) is 0 Å². The first kappa shape index (κ1) is 21.4. The van der Waals surface area contributed by atoms with Crippen molar-refractivity contribution < 1.29 is 27.4 Å². The van der Waals surface area contributed by atoms with E-state index in [1.807, 2.05) is 0 Å². The van der Waals surface area contributed by atoms with E-state index in [9.17, 15) is 13.2 Å². The molecule has 2 rings (SSSR count). The molecule has 28 heavy (non-hydrogen) atoms. The number of nitrogens with one attached hydrogen (secondary N) is 1. The first-order valence-electron chi connectivity index (χ1n) is 8.35. The van der Waals surface area contributed by atoms with Gasteiger partial charge < -0.3 is 19.5 Å². The van der Waals surface area contributed by atoms with Crippen LogP contribution >= 0.6 is 0 Å². The number of carbonyl (C=O) groups excluding carboxylic acids is 1. The predicted molar refractivity (Wildman–Crippen MR) is 108 cm³/mol. The molecule has 0 radical (unpaired) electrons. The first-order chi connectivity index (χ1) is 13.2. The van der Waals surface area contributed by atoms with E-state index >= 15 is 0 Å². The van der Waals surface area contributed by atoms with Gasteiger partial charge in [-0.25, -0.2) is 8.42 Å². The zero-order valence-electron chi connectivity index (χ0n) is 16.5. The van der Waals surface area contributed by atoms with Gasteiger partial charge in [0.1, 0.15) is 23.9 Å². The van der Waals surface area contributed by atoms with E-state index in [0.29, 0.717) is 28.6 Å². The van der Waals surface area contributed by atoms with E-state index in [-0.39, 0.29) is 12.5 Å². The van der Waals surface area contributed by atoms with E-state index in [4.69, 9.17) is 14.2 Å². The number of amides is 1. The van der Waals surface area contributed by atoms with Gasteiger partial charge in [0.2, 0.25) is 15.9 Å². The monoisotopic (exact) mass is 408 g/mol. The second kappa shape index (κ2) is 8.83. The molecule has 0 saturated carbocycles. The van der Waals surface area contributed by atoms with Crippen molar-refractivity contribution in [2.24, 2.45) is 0 Å². The molecule has 2 aromatic carbocycles. The van der Waals surface area contributed by atoms with Crippen LogP contribution in [0.15, 0.2) is 36.4 Å². The van der Waals surface area contributed by atoms with E-state index < -0.39 is 10.0 Å². The highest BCUT2D eigenvalue weighted by atomic mass is 32.2. The Hall–Kier alpha value is -2.94. The molecule has 152 valence electrons. The van der Waals surface area contributed by atoms with Gasteiger partial charge in [0, 0.05) is 31.3 Å². The smallest absolute Gasteiger partial charge is 0.232 e. The summed E-state index contributed by atoms with van der Waals surface area (Å²) in [5.74, 6) is 1.30. The number of nitrogens with zero attached hydrogens (tertiary/aromatic N) is 1. The Morgan fingerprint density at radius 1 is 1.07 bits per heavy atom. The van der Waals surface area contributed by atoms with Crippen molar-refractivity contribution in [1.82, 2.24) is 0 Å². The molecule has 0 unspecified atom stereocenters. The summed E-state index contributed by atoms with van der Waals surface area (Å²) in [6, 6.07) is 10.1. The lowest BCUT2D eigenvalue weighted by molar-refractivity contribution is -0.114. The normalized spacial score (nSPS) is 10.9. The lowest BCUT2D eigenvalue weighted by atomic mass is 10.2. The van der Waals surface area contributed by atoms with E-state index in [1.54, 1.807) is 50.6 Å². The zero-order valence-corrected chi connectivity index (χ0v) is 17.3. The first-order valence-corrected chi connectivity index (χ1v) is 10.2. The molecular formula is C19H24N2O6S. The number of benzene rings is 2. The summed E-state index contributed by atoms with van der Waals surface area (Å²) in [4.78, 5) is 11.3. The minimum atomic E-state index is -3.50. The van der Waals surface area contributed by atoms with Crippen molar-refractivity contribution in [3.8, 4) is 17.2 Å². The third-order valence-corrected chi connectivity index (χ3v) is 5.18. The fourth-order valence-corrected chi connectivity index (χ4v) is 3.01. The van der Waals surface area contributed by atoms with Crippen molar-refractivity contribution in [2.75, 3.05) is 37.1 Å². The fraction of sp³-hybridized carbons (Fsp3) is 0.316. The summed E-state index contributed by atoms with van der Waals surface area (Å²) >= 11 is 0. The molecule has 8 nitrogen and oxygen atoms in total. The molecule has 9 heteroatoms. The van der Waals surface area contributed by atoms with Crippen LogP contribution in [-0.4, -0.2) is 41.8 Å². The Kier molecular flexibility index (Phi) is 6.74. The third kappa shape index (κ3) is 5.29. The second-order valence-electron chi connectivity index (χ2n) is 6.06. The molecule has 0 saturated heterocycles. The molecule has 2 aromatic rings. The number of hydrogen-bond donors (Lipinski definition) is 1. The topological polar surface area (TPSA) is 94.2 Å². The minimum Gasteiger partial charge on any atom is -0.497 e. The van der Waals surface area contributed by atoms with E-state index in [2.05, 4.69) is 5.32 Å². The SMILES string of the molecule is COc1ccc(OC)c(COc2cc(NC(C)=O)ccc2N(C)S(C)(=O)=O)c1. The predicted octanol–water partition coefficient (Wildman–Crippen LogP) is 2.64. The zero-order chi connectivity index (χ0) is 20.9. The van der Waals surface area contributed by atoms with Crippen LogP contribution in [-0.2, 0) is 21.4 Å². The summed E-state index contributed by atoms with van der Waals surface area (Å²) < 4.78 is 41.5. The highest BCUT2D eigenvalue weighted by molar-refractivity contribution is 7.92. The number of carbonyl (C=O) groups is 1. The summed E-state index contributed by atoms with van der Waals surface area (Å²) in [5, 5.41) is 2.66. The third-order valence-electron chi connectivity index (χ3n) is 3.99. The van der Waals surface area contributed by atoms with Crippen LogP contribution in [0.4, 0.5) is 11.4 Å². The minimum absolute atomic E-state index is 0.106. The average molecular weight is 408 g/mol. The lowest BCUT2D eigenvalue weighted by Gasteiger charge is -2.21. The lowest BCUT2D eigenvalue weighted by Crippen LogP contribution is -2.25. The Morgan fingerprint density at radius 3 is 2.36 bits per heavy atom. The molecule has 0 spiro atoms. The molecule has 0 atom stereocenters. The molecule has 0 aliphatic carbocycles. The second-order valence-corrected chi connectivity index (χ2v) is 8.07. The summed E-state index contributed by atoms with van der Waals surface area (Å²) in [7, 11) is 1.04. The van der Waals surface area contributed by atoms with E-state index in [1.165, 1.54) is 14.0 Å². The van der Waals surface area contributed by atoms with Crippen LogP contribution in [0.1, 0.15) is 12.5 Å². The molecule has 0 aliphatic heterocycles. The Morgan fingerprint density at radius 2 is 1.79 bits per heavy atom. The fourth-order valence-electron chi connectivity index (χ4n) is 2.50. The van der Waals surface area contributed by atoms with Crippen molar-refractivity contribution in [3.63, 3.8) is 0 Å². The van der Waals surface area contributed by atoms with Gasteiger partial charge in [0.05, 0.1) is 26.2 Å². The van der Waals surface area contributed by atoms with Crippen LogP contribution in [0, 0.1) is 0 Å². The van der Waals surface area contributed by atoms with Crippen LogP contribution in [0.2, 0.25) is 0 Å². The van der Waals surface area contributed by atoms with E-state index in [0.717, 1.165) is 16.1 Å². The van der Waals surface area contributed by atoms with Gasteiger partial charge >= 0.3 is 0 Å². The number of hydrogen-bond acceptors (Lipinski definition) is 6. The number of methoxy groups -OCH3 is 2. The van der Waals surface area contributed by atoms with Crippen molar-refractivity contribution >= 4 is 27.3 Å². The number of sulfonamides is 1. The quantitative estimate of drug-likeness (QED) is 0.722. The summed E-state index contributed by atoms with van der Waals surface area (Å²) in [5.41, 5.74) is 1.56. The maximum absolute atomic E-state index is 12.0. The molecule has 1 N–H and O–H groups in total. The number of anilines is 2. The highest BCUT2D eigenvalue weighted by Crippen LogP contribution is 2.34. The average Bonchev–Trinajstić information content (AvgIpc) is 2.64. The summed E-state index contributed by atoms with van der Waals surface area (Å²) in [6.07, 6.45) is 1.10. The molecule has 0 aromatic heterocycles.